The average molecular weight is 220 g/mol. The number of aromatic hydroxyl groups is 2. The van der Waals surface area contributed by atoms with Gasteiger partial charge in [0.2, 0.25) is 0 Å². The Balaban J connectivity index is 2.29. The maximum absolute atomic E-state index is 9.45. The van der Waals surface area contributed by atoms with Crippen LogP contribution in [-0.2, 0) is 6.54 Å². The molecule has 0 spiro atoms. The van der Waals surface area contributed by atoms with Gasteiger partial charge in [-0.3, -0.25) is 0 Å². The van der Waals surface area contributed by atoms with Crippen molar-refractivity contribution in [3.05, 3.63) is 24.4 Å². The maximum Gasteiger partial charge on any atom is 0.159 e. The molecule has 1 aromatic heterocycles. The molecule has 86 valence electrons. The highest BCUT2D eigenvalue weighted by atomic mass is 16.3. The Morgan fingerprint density at radius 1 is 1.12 bits per heavy atom. The molecule has 0 unspecified atom stereocenters. The van der Waals surface area contributed by atoms with Gasteiger partial charge in [-0.2, -0.15) is 0 Å². The third kappa shape index (κ3) is 1.97. The van der Waals surface area contributed by atoms with Crippen molar-refractivity contribution in [2.24, 2.45) is 5.73 Å². The number of nitrogens with two attached hydrogens (primary N) is 1. The lowest BCUT2D eigenvalue weighted by molar-refractivity contribution is 0.404. The Morgan fingerprint density at radius 3 is 2.62 bits per heavy atom. The summed E-state index contributed by atoms with van der Waals surface area (Å²) < 4.78 is 2.06. The molecule has 2 rings (SSSR count). The topological polar surface area (TPSA) is 71.4 Å². The second-order valence-corrected chi connectivity index (χ2v) is 3.90. The van der Waals surface area contributed by atoms with E-state index in [2.05, 4.69) is 4.57 Å². The lowest BCUT2D eigenvalue weighted by Crippen LogP contribution is -2.02. The molecule has 0 bridgehead atoms. The van der Waals surface area contributed by atoms with E-state index in [-0.39, 0.29) is 11.5 Å². The average Bonchev–Trinajstić information content (AvgIpc) is 2.63. The van der Waals surface area contributed by atoms with Crippen LogP contribution in [0.5, 0.6) is 11.5 Å². The first kappa shape index (κ1) is 10.8. The SMILES string of the molecule is NCCCCn1ccc2cc(O)c(O)cc21. The molecule has 2 aromatic rings. The van der Waals surface area contributed by atoms with E-state index in [1.54, 1.807) is 12.1 Å². The van der Waals surface area contributed by atoms with Crippen LogP contribution in [0.3, 0.4) is 0 Å². The van der Waals surface area contributed by atoms with Crippen LogP contribution in [0.2, 0.25) is 0 Å². The number of hydrogen-bond acceptors (Lipinski definition) is 3. The predicted molar refractivity (Wildman–Crippen MR) is 63.6 cm³/mol. The maximum atomic E-state index is 9.45. The first-order valence-electron chi connectivity index (χ1n) is 5.43. The zero-order chi connectivity index (χ0) is 11.5. The van der Waals surface area contributed by atoms with E-state index < -0.39 is 0 Å². The third-order valence-electron chi connectivity index (χ3n) is 2.72. The molecular weight excluding hydrogens is 204 g/mol. The van der Waals surface area contributed by atoms with E-state index in [0.717, 1.165) is 30.3 Å². The van der Waals surface area contributed by atoms with Gasteiger partial charge in [-0.25, -0.2) is 0 Å². The summed E-state index contributed by atoms with van der Waals surface area (Å²) in [5.41, 5.74) is 6.38. The molecule has 4 nitrogen and oxygen atoms in total. The van der Waals surface area contributed by atoms with Gasteiger partial charge in [-0.1, -0.05) is 0 Å². The van der Waals surface area contributed by atoms with Crippen LogP contribution >= 0.6 is 0 Å². The minimum Gasteiger partial charge on any atom is -0.504 e. The van der Waals surface area contributed by atoms with Crippen LogP contribution in [0.25, 0.3) is 10.9 Å². The number of benzene rings is 1. The van der Waals surface area contributed by atoms with Crippen molar-refractivity contribution in [1.82, 2.24) is 4.57 Å². The molecular formula is C12H16N2O2. The largest absolute Gasteiger partial charge is 0.504 e. The van der Waals surface area contributed by atoms with E-state index in [1.807, 2.05) is 12.3 Å². The van der Waals surface area contributed by atoms with Crippen LogP contribution in [-0.4, -0.2) is 21.3 Å². The molecule has 0 atom stereocenters. The number of unbranched alkanes of at least 4 members (excludes halogenated alkanes) is 1. The number of phenolic OH excluding ortho intramolecular Hbond substituents is 2. The Labute approximate surface area is 93.9 Å². The monoisotopic (exact) mass is 220 g/mol. The minimum atomic E-state index is -0.0775. The van der Waals surface area contributed by atoms with Gasteiger partial charge in [0.05, 0.1) is 5.52 Å². The van der Waals surface area contributed by atoms with Crippen LogP contribution in [0.1, 0.15) is 12.8 Å². The lowest BCUT2D eigenvalue weighted by atomic mass is 10.2. The third-order valence-corrected chi connectivity index (χ3v) is 2.72. The van der Waals surface area contributed by atoms with Gasteiger partial charge >= 0.3 is 0 Å². The van der Waals surface area contributed by atoms with Crippen molar-refractivity contribution >= 4 is 10.9 Å². The first-order valence-corrected chi connectivity index (χ1v) is 5.43. The van der Waals surface area contributed by atoms with Crippen molar-refractivity contribution in [3.63, 3.8) is 0 Å². The molecule has 0 saturated carbocycles. The Kier molecular flexibility index (Phi) is 3.01. The fraction of sp³-hybridized carbons (Fsp3) is 0.333. The quantitative estimate of drug-likeness (QED) is 0.543. The fourth-order valence-corrected chi connectivity index (χ4v) is 1.84. The summed E-state index contributed by atoms with van der Waals surface area (Å²) in [6.07, 6.45) is 3.96. The number of phenols is 2. The Morgan fingerprint density at radius 2 is 1.88 bits per heavy atom. The lowest BCUT2D eigenvalue weighted by Gasteiger charge is -2.05. The predicted octanol–water partition coefficient (Wildman–Crippen LogP) is 1.79. The van der Waals surface area contributed by atoms with Crippen molar-refractivity contribution < 1.29 is 10.2 Å². The van der Waals surface area contributed by atoms with Crippen molar-refractivity contribution in [3.8, 4) is 11.5 Å². The van der Waals surface area contributed by atoms with Crippen molar-refractivity contribution in [2.45, 2.75) is 19.4 Å². The highest BCUT2D eigenvalue weighted by molar-refractivity contribution is 5.83. The smallest absolute Gasteiger partial charge is 0.159 e. The van der Waals surface area contributed by atoms with Crippen molar-refractivity contribution in [1.29, 1.82) is 0 Å². The number of fused-ring (bicyclic) bond motifs is 1. The number of nitrogens with zero attached hydrogens (tertiary/aromatic N) is 1. The van der Waals surface area contributed by atoms with Gasteiger partial charge in [0, 0.05) is 24.2 Å². The molecule has 0 amide bonds. The first-order chi connectivity index (χ1) is 7.72. The summed E-state index contributed by atoms with van der Waals surface area (Å²) >= 11 is 0. The van der Waals surface area contributed by atoms with Gasteiger partial charge in [-0.05, 0) is 31.5 Å². The summed E-state index contributed by atoms with van der Waals surface area (Å²) in [5.74, 6) is -0.154. The van der Waals surface area contributed by atoms with Crippen LogP contribution < -0.4 is 5.73 Å². The summed E-state index contributed by atoms with van der Waals surface area (Å²) in [7, 11) is 0. The normalized spacial score (nSPS) is 11.1. The zero-order valence-corrected chi connectivity index (χ0v) is 9.06. The van der Waals surface area contributed by atoms with Crippen LogP contribution in [0, 0.1) is 0 Å². The summed E-state index contributed by atoms with van der Waals surface area (Å²) in [6.45, 7) is 1.58. The second-order valence-electron chi connectivity index (χ2n) is 3.90. The molecule has 0 radical (unpaired) electrons. The van der Waals surface area contributed by atoms with E-state index in [1.165, 1.54) is 0 Å². The standard InChI is InChI=1S/C12H16N2O2/c13-4-1-2-5-14-6-3-9-7-11(15)12(16)8-10(9)14/h3,6-8,15-16H,1-2,4-5,13H2. The van der Waals surface area contributed by atoms with E-state index in [9.17, 15) is 10.2 Å². The fourth-order valence-electron chi connectivity index (χ4n) is 1.84. The second kappa shape index (κ2) is 4.45. The molecule has 1 heterocycles. The van der Waals surface area contributed by atoms with Gasteiger partial charge in [0.25, 0.3) is 0 Å². The number of hydrogen-bond donors (Lipinski definition) is 3. The molecule has 16 heavy (non-hydrogen) atoms. The van der Waals surface area contributed by atoms with Gasteiger partial charge in [0.1, 0.15) is 0 Å². The molecule has 0 fully saturated rings. The minimum absolute atomic E-state index is 0.0767. The van der Waals surface area contributed by atoms with Crippen LogP contribution in [0.15, 0.2) is 24.4 Å². The van der Waals surface area contributed by atoms with E-state index in [4.69, 9.17) is 5.73 Å². The Bertz CT molecular complexity index is 491. The van der Waals surface area contributed by atoms with Crippen LogP contribution in [0.4, 0.5) is 0 Å². The van der Waals surface area contributed by atoms with E-state index in [0.29, 0.717) is 6.54 Å². The summed E-state index contributed by atoms with van der Waals surface area (Å²) in [4.78, 5) is 0. The number of aryl methyl sites for hydroxylation is 1. The molecule has 4 heteroatoms. The number of aromatic nitrogens is 1. The molecule has 0 aliphatic heterocycles. The van der Waals surface area contributed by atoms with E-state index >= 15 is 0 Å². The molecule has 0 saturated heterocycles. The summed E-state index contributed by atoms with van der Waals surface area (Å²) in [6, 6.07) is 5.09. The molecule has 0 aliphatic carbocycles. The van der Waals surface area contributed by atoms with Gasteiger partial charge in [0.15, 0.2) is 11.5 Å². The van der Waals surface area contributed by atoms with Crippen molar-refractivity contribution in [2.75, 3.05) is 6.54 Å². The zero-order valence-electron chi connectivity index (χ0n) is 9.06. The Hall–Kier alpha value is -1.68. The highest BCUT2D eigenvalue weighted by Crippen LogP contribution is 2.30. The van der Waals surface area contributed by atoms with Gasteiger partial charge in [-0.15, -0.1) is 0 Å². The highest BCUT2D eigenvalue weighted by Gasteiger charge is 2.05. The number of rotatable bonds is 4. The summed E-state index contributed by atoms with van der Waals surface area (Å²) in [5, 5.41) is 19.7. The molecule has 1 aromatic carbocycles. The molecule has 4 N–H and O–H groups in total. The van der Waals surface area contributed by atoms with Gasteiger partial charge < -0.3 is 20.5 Å². The molecule has 0 aliphatic rings.